The van der Waals surface area contributed by atoms with Crippen LogP contribution >= 0.6 is 11.8 Å². The standard InChI is InChI=1S/C19H17FN4O4S/c1-23-17(26)15-14(9-4-3-5-10(20)6-9)11(8-21)16(22)24-18(27)12(29-19(15)24)7-13(25)28-2/h3-6,12,14H,7,22H2,1-2H3,(H,23,26)/t12-,14+/m0/s1. The molecule has 8 nitrogen and oxygen atoms in total. The van der Waals surface area contributed by atoms with Crippen LogP contribution in [0.4, 0.5) is 4.39 Å². The van der Waals surface area contributed by atoms with Gasteiger partial charge in [-0.3, -0.25) is 19.3 Å². The number of thioether (sulfide) groups is 1. The van der Waals surface area contributed by atoms with Gasteiger partial charge in [0.15, 0.2) is 0 Å². The molecule has 2 aliphatic heterocycles. The van der Waals surface area contributed by atoms with E-state index in [9.17, 15) is 24.0 Å². The van der Waals surface area contributed by atoms with E-state index in [0.717, 1.165) is 16.7 Å². The highest BCUT2D eigenvalue weighted by atomic mass is 32.2. The number of rotatable bonds is 4. The zero-order valence-corrected chi connectivity index (χ0v) is 16.4. The van der Waals surface area contributed by atoms with Crippen LogP contribution in [0.2, 0.25) is 0 Å². The molecule has 2 amide bonds. The second-order valence-corrected chi connectivity index (χ2v) is 7.45. The number of nitrogens with one attached hydrogen (secondary N) is 1. The maximum absolute atomic E-state index is 13.9. The normalized spacial score (nSPS) is 21.0. The van der Waals surface area contributed by atoms with E-state index in [1.807, 2.05) is 6.07 Å². The quantitative estimate of drug-likeness (QED) is 0.704. The summed E-state index contributed by atoms with van der Waals surface area (Å²) in [6.45, 7) is 0. The Balaban J connectivity index is 2.21. The first-order valence-electron chi connectivity index (χ1n) is 8.52. The Morgan fingerprint density at radius 2 is 2.17 bits per heavy atom. The van der Waals surface area contributed by atoms with Crippen molar-refractivity contribution < 1.29 is 23.5 Å². The van der Waals surface area contributed by atoms with Crippen LogP contribution in [0.15, 0.2) is 46.3 Å². The van der Waals surface area contributed by atoms with Crippen molar-refractivity contribution in [2.75, 3.05) is 14.2 Å². The van der Waals surface area contributed by atoms with Crippen LogP contribution in [-0.4, -0.2) is 42.1 Å². The zero-order valence-electron chi connectivity index (χ0n) is 15.6. The number of halogens is 1. The monoisotopic (exact) mass is 416 g/mol. The molecule has 29 heavy (non-hydrogen) atoms. The highest BCUT2D eigenvalue weighted by molar-refractivity contribution is 8.04. The summed E-state index contributed by atoms with van der Waals surface area (Å²) in [6.07, 6.45) is -0.221. The number of esters is 1. The second-order valence-electron chi connectivity index (χ2n) is 6.26. The van der Waals surface area contributed by atoms with Crippen LogP contribution in [0.5, 0.6) is 0 Å². The molecule has 1 fully saturated rings. The van der Waals surface area contributed by atoms with Gasteiger partial charge < -0.3 is 15.8 Å². The average Bonchev–Trinajstić information content (AvgIpc) is 3.03. The molecule has 0 saturated carbocycles. The third-order valence-electron chi connectivity index (χ3n) is 4.63. The number of carbonyl (C=O) groups excluding carboxylic acids is 3. The Kier molecular flexibility index (Phi) is 5.61. The van der Waals surface area contributed by atoms with Gasteiger partial charge in [0.25, 0.3) is 5.91 Å². The molecule has 0 bridgehead atoms. The lowest BCUT2D eigenvalue weighted by molar-refractivity contribution is -0.142. The van der Waals surface area contributed by atoms with Gasteiger partial charge >= 0.3 is 5.97 Å². The van der Waals surface area contributed by atoms with Crippen molar-refractivity contribution in [3.63, 3.8) is 0 Å². The molecule has 2 atom stereocenters. The molecule has 1 aromatic carbocycles. The number of amides is 2. The summed E-state index contributed by atoms with van der Waals surface area (Å²) in [5.74, 6) is -3.31. The van der Waals surface area contributed by atoms with Crippen molar-refractivity contribution in [3.05, 3.63) is 57.6 Å². The number of nitrogens with two attached hydrogens (primary N) is 1. The fraction of sp³-hybridized carbons (Fsp3) is 0.263. The minimum absolute atomic E-state index is 0.0504. The first kappa shape index (κ1) is 20.4. The lowest BCUT2D eigenvalue weighted by Crippen LogP contribution is -2.39. The van der Waals surface area contributed by atoms with Gasteiger partial charge in [-0.1, -0.05) is 23.9 Å². The van der Waals surface area contributed by atoms with Crippen molar-refractivity contribution >= 4 is 29.5 Å². The number of nitriles is 1. The molecule has 1 aromatic rings. The Morgan fingerprint density at radius 1 is 1.45 bits per heavy atom. The van der Waals surface area contributed by atoms with Crippen LogP contribution in [0.25, 0.3) is 0 Å². The number of carbonyl (C=O) groups is 3. The zero-order chi connectivity index (χ0) is 21.3. The Hall–Kier alpha value is -3.32. The van der Waals surface area contributed by atoms with E-state index in [-0.39, 0.29) is 28.4 Å². The second kappa shape index (κ2) is 7.97. The Labute approximate surface area is 170 Å². The molecule has 0 spiro atoms. The van der Waals surface area contributed by atoms with Gasteiger partial charge in [-0.25, -0.2) is 4.39 Å². The number of nitrogens with zero attached hydrogens (tertiary/aromatic N) is 2. The first-order valence-corrected chi connectivity index (χ1v) is 9.40. The molecule has 3 rings (SSSR count). The van der Waals surface area contributed by atoms with E-state index < -0.39 is 34.8 Å². The summed E-state index contributed by atoms with van der Waals surface area (Å²) < 4.78 is 18.5. The van der Waals surface area contributed by atoms with Gasteiger partial charge in [-0.15, -0.1) is 0 Å². The van der Waals surface area contributed by atoms with E-state index in [1.54, 1.807) is 6.07 Å². The number of methoxy groups -OCH3 is 1. The van der Waals surface area contributed by atoms with Crippen molar-refractivity contribution in [3.8, 4) is 6.07 Å². The molecule has 0 unspecified atom stereocenters. The van der Waals surface area contributed by atoms with E-state index in [4.69, 9.17) is 5.73 Å². The molecule has 0 aromatic heterocycles. The molecular formula is C19H17FN4O4S. The van der Waals surface area contributed by atoms with Crippen LogP contribution in [0, 0.1) is 17.1 Å². The number of hydrogen-bond donors (Lipinski definition) is 2. The Morgan fingerprint density at radius 3 is 2.76 bits per heavy atom. The van der Waals surface area contributed by atoms with Crippen LogP contribution in [-0.2, 0) is 19.1 Å². The van der Waals surface area contributed by atoms with Gasteiger partial charge in [0.2, 0.25) is 5.91 Å². The highest BCUT2D eigenvalue weighted by Gasteiger charge is 2.48. The third-order valence-corrected chi connectivity index (χ3v) is 5.91. The van der Waals surface area contributed by atoms with E-state index in [1.165, 1.54) is 32.4 Å². The maximum atomic E-state index is 13.9. The fourth-order valence-electron chi connectivity index (χ4n) is 3.30. The Bertz CT molecular complexity index is 1010. The minimum Gasteiger partial charge on any atom is -0.469 e. The summed E-state index contributed by atoms with van der Waals surface area (Å²) in [5.41, 5.74) is 6.52. The third kappa shape index (κ3) is 3.45. The SMILES string of the molecule is CNC(=O)C1=C2S[C@@H](CC(=O)OC)C(=O)N2C(N)=C(C#N)[C@H]1c1cccc(F)c1. The number of ether oxygens (including phenoxy) is 1. The predicted molar refractivity (Wildman–Crippen MR) is 102 cm³/mol. The molecule has 0 aliphatic carbocycles. The topological polar surface area (TPSA) is 126 Å². The molecule has 1 saturated heterocycles. The van der Waals surface area contributed by atoms with Crippen molar-refractivity contribution in [1.82, 2.24) is 10.2 Å². The smallest absolute Gasteiger partial charge is 0.307 e. The molecule has 3 N–H and O–H groups in total. The number of hydrogen-bond acceptors (Lipinski definition) is 7. The van der Waals surface area contributed by atoms with Gasteiger partial charge in [0, 0.05) is 7.05 Å². The molecule has 150 valence electrons. The average molecular weight is 416 g/mol. The number of benzene rings is 1. The predicted octanol–water partition coefficient (Wildman–Crippen LogP) is 1.08. The van der Waals surface area contributed by atoms with Crippen LogP contribution < -0.4 is 11.1 Å². The van der Waals surface area contributed by atoms with E-state index >= 15 is 0 Å². The first-order chi connectivity index (χ1) is 13.8. The van der Waals surface area contributed by atoms with Gasteiger partial charge in [-0.05, 0) is 17.7 Å². The molecule has 10 heteroatoms. The summed E-state index contributed by atoms with van der Waals surface area (Å²) >= 11 is 0.994. The molecular weight excluding hydrogens is 399 g/mol. The number of likely N-dealkylation sites (N-methyl/N-ethyl adjacent to an activating group) is 1. The summed E-state index contributed by atoms with van der Waals surface area (Å²) in [7, 11) is 2.61. The molecule has 0 radical (unpaired) electrons. The van der Waals surface area contributed by atoms with E-state index in [0.29, 0.717) is 5.56 Å². The summed E-state index contributed by atoms with van der Waals surface area (Å²) in [4.78, 5) is 38.4. The van der Waals surface area contributed by atoms with Crippen LogP contribution in [0.3, 0.4) is 0 Å². The minimum atomic E-state index is -0.959. The van der Waals surface area contributed by atoms with Crippen LogP contribution in [0.1, 0.15) is 17.9 Å². The molecule has 2 aliphatic rings. The van der Waals surface area contributed by atoms with E-state index in [2.05, 4.69) is 10.1 Å². The largest absolute Gasteiger partial charge is 0.469 e. The summed E-state index contributed by atoms with van der Waals surface area (Å²) in [6, 6.07) is 7.44. The lowest BCUT2D eigenvalue weighted by atomic mass is 9.82. The molecule has 2 heterocycles. The fourth-order valence-corrected chi connectivity index (χ4v) is 4.62. The van der Waals surface area contributed by atoms with Crippen molar-refractivity contribution in [2.45, 2.75) is 17.6 Å². The van der Waals surface area contributed by atoms with Gasteiger partial charge in [-0.2, -0.15) is 5.26 Å². The number of fused-ring (bicyclic) bond motifs is 1. The van der Waals surface area contributed by atoms with Gasteiger partial charge in [0.1, 0.15) is 16.9 Å². The van der Waals surface area contributed by atoms with Crippen molar-refractivity contribution in [2.24, 2.45) is 5.73 Å². The number of allylic oxidation sites excluding steroid dienone is 1. The highest BCUT2D eigenvalue weighted by Crippen LogP contribution is 2.49. The van der Waals surface area contributed by atoms with Crippen molar-refractivity contribution in [1.29, 1.82) is 5.26 Å². The maximum Gasteiger partial charge on any atom is 0.307 e. The van der Waals surface area contributed by atoms with Gasteiger partial charge in [0.05, 0.1) is 41.7 Å². The lowest BCUT2D eigenvalue weighted by Gasteiger charge is -2.31. The summed E-state index contributed by atoms with van der Waals surface area (Å²) in [5, 5.41) is 11.6.